The number of nitrogens with one attached hydrogen (secondary N) is 1. The summed E-state index contributed by atoms with van der Waals surface area (Å²) in [4.78, 5) is 0. The monoisotopic (exact) mass is 251 g/mol. The Morgan fingerprint density at radius 2 is 1.78 bits per heavy atom. The molecule has 102 valence electrons. The Hall–Kier alpha value is -1.06. The van der Waals surface area contributed by atoms with Crippen LogP contribution in [-0.2, 0) is 6.54 Å². The van der Waals surface area contributed by atoms with Gasteiger partial charge in [-0.1, -0.05) is 19.1 Å². The van der Waals surface area contributed by atoms with E-state index in [1.54, 1.807) is 13.8 Å². The van der Waals surface area contributed by atoms with Crippen molar-refractivity contribution >= 4 is 0 Å². The topological polar surface area (TPSA) is 41.5 Å². The van der Waals surface area contributed by atoms with Gasteiger partial charge in [-0.15, -0.1) is 0 Å². The molecule has 0 heterocycles. The lowest BCUT2D eigenvalue weighted by atomic mass is 10.1. The lowest BCUT2D eigenvalue weighted by molar-refractivity contribution is 0.0280. The molecule has 0 saturated heterocycles. The minimum absolute atomic E-state index is 0.307. The molecular formula is C15H25NO2. The summed E-state index contributed by atoms with van der Waals surface area (Å²) >= 11 is 0. The van der Waals surface area contributed by atoms with Gasteiger partial charge < -0.3 is 15.2 Å². The number of aryl methyl sites for hydroxylation is 2. The zero-order chi connectivity index (χ0) is 13.8. The van der Waals surface area contributed by atoms with Crippen LogP contribution in [0.4, 0.5) is 0 Å². The summed E-state index contributed by atoms with van der Waals surface area (Å²) in [6, 6.07) is 4.27. The van der Waals surface area contributed by atoms with Crippen molar-refractivity contribution < 1.29 is 9.84 Å². The third-order valence-corrected chi connectivity index (χ3v) is 2.67. The van der Waals surface area contributed by atoms with Crippen LogP contribution in [0.5, 0.6) is 5.75 Å². The second-order valence-corrected chi connectivity index (χ2v) is 5.44. The van der Waals surface area contributed by atoms with E-state index in [1.165, 1.54) is 5.56 Å². The van der Waals surface area contributed by atoms with Gasteiger partial charge in [0.2, 0.25) is 0 Å². The molecule has 1 aromatic rings. The molecule has 0 spiro atoms. The average Bonchev–Trinajstić information content (AvgIpc) is 2.23. The van der Waals surface area contributed by atoms with Gasteiger partial charge in [0.1, 0.15) is 12.4 Å². The molecule has 0 bridgehead atoms. The van der Waals surface area contributed by atoms with E-state index >= 15 is 0 Å². The van der Waals surface area contributed by atoms with Crippen molar-refractivity contribution in [2.45, 2.75) is 46.8 Å². The first kappa shape index (κ1) is 15.0. The van der Waals surface area contributed by atoms with Gasteiger partial charge in [-0.25, -0.2) is 0 Å². The van der Waals surface area contributed by atoms with E-state index in [0.29, 0.717) is 6.61 Å². The molecule has 0 aliphatic carbocycles. The summed E-state index contributed by atoms with van der Waals surface area (Å²) < 4.78 is 5.72. The number of benzene rings is 1. The lowest BCUT2D eigenvalue weighted by Crippen LogP contribution is -2.28. The van der Waals surface area contributed by atoms with Crippen LogP contribution in [0.3, 0.4) is 0 Å². The Bertz CT molecular complexity index is 371. The van der Waals surface area contributed by atoms with E-state index < -0.39 is 5.60 Å². The maximum atomic E-state index is 9.70. The van der Waals surface area contributed by atoms with Crippen LogP contribution < -0.4 is 10.1 Å². The van der Waals surface area contributed by atoms with Crippen molar-refractivity contribution in [1.82, 2.24) is 5.32 Å². The molecule has 3 nitrogen and oxygen atoms in total. The molecule has 0 atom stereocenters. The Morgan fingerprint density at radius 3 is 2.22 bits per heavy atom. The fourth-order valence-electron chi connectivity index (χ4n) is 1.89. The minimum atomic E-state index is -0.804. The van der Waals surface area contributed by atoms with E-state index in [2.05, 4.69) is 24.4 Å². The van der Waals surface area contributed by atoms with Crippen LogP contribution in [0.2, 0.25) is 0 Å². The van der Waals surface area contributed by atoms with Gasteiger partial charge in [0.25, 0.3) is 0 Å². The average molecular weight is 251 g/mol. The second kappa shape index (κ2) is 6.21. The van der Waals surface area contributed by atoms with Gasteiger partial charge in [-0.3, -0.25) is 0 Å². The molecule has 0 aliphatic heterocycles. The number of ether oxygens (including phenoxy) is 1. The molecule has 0 amide bonds. The standard InChI is InChI=1S/C15H25NO2/c1-6-16-9-13-7-11(2)14(12(3)8-13)18-10-15(4,5)17/h7-8,16-17H,6,9-10H2,1-5H3. The van der Waals surface area contributed by atoms with Gasteiger partial charge in [-0.2, -0.15) is 0 Å². The minimum Gasteiger partial charge on any atom is -0.490 e. The molecule has 0 saturated carbocycles. The first-order valence-corrected chi connectivity index (χ1v) is 6.49. The molecule has 0 radical (unpaired) electrons. The largest absolute Gasteiger partial charge is 0.490 e. The van der Waals surface area contributed by atoms with Crippen LogP contribution in [0.1, 0.15) is 37.5 Å². The highest BCUT2D eigenvalue weighted by Crippen LogP contribution is 2.25. The SMILES string of the molecule is CCNCc1cc(C)c(OCC(C)(C)O)c(C)c1. The van der Waals surface area contributed by atoms with E-state index in [4.69, 9.17) is 4.74 Å². The summed E-state index contributed by atoms with van der Waals surface area (Å²) in [5.41, 5.74) is 2.70. The van der Waals surface area contributed by atoms with Gasteiger partial charge >= 0.3 is 0 Å². The third-order valence-electron chi connectivity index (χ3n) is 2.67. The van der Waals surface area contributed by atoms with Crippen molar-refractivity contribution in [2.24, 2.45) is 0 Å². The van der Waals surface area contributed by atoms with Crippen molar-refractivity contribution in [1.29, 1.82) is 0 Å². The molecular weight excluding hydrogens is 226 g/mol. The Morgan fingerprint density at radius 1 is 1.22 bits per heavy atom. The van der Waals surface area contributed by atoms with Crippen molar-refractivity contribution in [3.8, 4) is 5.75 Å². The van der Waals surface area contributed by atoms with Gasteiger partial charge in [0.15, 0.2) is 0 Å². The summed E-state index contributed by atoms with van der Waals surface area (Å²) in [6.07, 6.45) is 0. The van der Waals surface area contributed by atoms with E-state index in [9.17, 15) is 5.11 Å². The number of hydrogen-bond donors (Lipinski definition) is 2. The maximum absolute atomic E-state index is 9.70. The molecule has 0 aromatic heterocycles. The Labute approximate surface area is 110 Å². The first-order chi connectivity index (χ1) is 8.33. The zero-order valence-electron chi connectivity index (χ0n) is 12.1. The quantitative estimate of drug-likeness (QED) is 0.816. The highest BCUT2D eigenvalue weighted by molar-refractivity contribution is 5.43. The smallest absolute Gasteiger partial charge is 0.125 e. The summed E-state index contributed by atoms with van der Waals surface area (Å²) in [5.74, 6) is 0.886. The number of rotatable bonds is 6. The van der Waals surface area contributed by atoms with E-state index in [-0.39, 0.29) is 0 Å². The van der Waals surface area contributed by atoms with E-state index in [1.807, 2.05) is 13.8 Å². The molecule has 0 aliphatic rings. The van der Waals surface area contributed by atoms with Gasteiger partial charge in [0.05, 0.1) is 5.60 Å². The molecule has 3 heteroatoms. The maximum Gasteiger partial charge on any atom is 0.125 e. The highest BCUT2D eigenvalue weighted by atomic mass is 16.5. The predicted molar refractivity (Wildman–Crippen MR) is 75.1 cm³/mol. The van der Waals surface area contributed by atoms with Crippen LogP contribution in [0.15, 0.2) is 12.1 Å². The van der Waals surface area contributed by atoms with Crippen LogP contribution >= 0.6 is 0 Å². The van der Waals surface area contributed by atoms with Crippen molar-refractivity contribution in [3.05, 3.63) is 28.8 Å². The molecule has 2 N–H and O–H groups in total. The number of aliphatic hydroxyl groups is 1. The van der Waals surface area contributed by atoms with Crippen molar-refractivity contribution in [2.75, 3.05) is 13.2 Å². The Kier molecular flexibility index (Phi) is 5.17. The summed E-state index contributed by atoms with van der Waals surface area (Å²) in [6.45, 7) is 11.8. The fourth-order valence-corrected chi connectivity index (χ4v) is 1.89. The molecule has 18 heavy (non-hydrogen) atoms. The molecule has 1 aromatic carbocycles. The van der Waals surface area contributed by atoms with Crippen LogP contribution in [-0.4, -0.2) is 23.9 Å². The predicted octanol–water partition coefficient (Wildman–Crippen LogP) is 2.56. The van der Waals surface area contributed by atoms with Crippen molar-refractivity contribution in [3.63, 3.8) is 0 Å². The van der Waals surface area contributed by atoms with E-state index in [0.717, 1.165) is 30.0 Å². The normalized spacial score (nSPS) is 11.7. The van der Waals surface area contributed by atoms with Gasteiger partial charge in [0, 0.05) is 6.54 Å². The fraction of sp³-hybridized carbons (Fsp3) is 0.600. The second-order valence-electron chi connectivity index (χ2n) is 5.44. The molecule has 0 fully saturated rings. The summed E-state index contributed by atoms with van der Waals surface area (Å²) in [7, 11) is 0. The lowest BCUT2D eigenvalue weighted by Gasteiger charge is -2.20. The Balaban J connectivity index is 2.81. The zero-order valence-corrected chi connectivity index (χ0v) is 12.1. The highest BCUT2D eigenvalue weighted by Gasteiger charge is 2.15. The number of hydrogen-bond acceptors (Lipinski definition) is 3. The van der Waals surface area contributed by atoms with Crippen LogP contribution in [0.25, 0.3) is 0 Å². The first-order valence-electron chi connectivity index (χ1n) is 6.49. The third kappa shape index (κ3) is 4.67. The summed E-state index contributed by atoms with van der Waals surface area (Å²) in [5, 5.41) is 13.0. The van der Waals surface area contributed by atoms with Crippen LogP contribution in [0, 0.1) is 13.8 Å². The van der Waals surface area contributed by atoms with Gasteiger partial charge in [-0.05, 0) is 50.9 Å². The molecule has 1 rings (SSSR count). The molecule has 0 unspecified atom stereocenters.